The van der Waals surface area contributed by atoms with Gasteiger partial charge >= 0.3 is 0 Å². The van der Waals surface area contributed by atoms with Crippen LogP contribution in [0.3, 0.4) is 0 Å². The highest BCUT2D eigenvalue weighted by atomic mass is 32.2. The standard InChI is InChI=1S/C20H22N2O3S/c1-15(2)14-25-19-7-5-4-6-18(19)20-21-12-13-22(20)26(23,24)17-10-8-16(3)9-11-17/h4-13,15H,14H2,1-3H3. The van der Waals surface area contributed by atoms with E-state index in [1.807, 2.05) is 31.2 Å². The minimum absolute atomic E-state index is 0.225. The number of benzene rings is 2. The van der Waals surface area contributed by atoms with Gasteiger partial charge in [-0.3, -0.25) is 0 Å². The molecular formula is C20H22N2O3S. The fraction of sp³-hybridized carbons (Fsp3) is 0.250. The summed E-state index contributed by atoms with van der Waals surface area (Å²) in [6, 6.07) is 14.1. The van der Waals surface area contributed by atoms with Crippen LogP contribution in [0.5, 0.6) is 5.75 Å². The Bertz CT molecular complexity index is 990. The summed E-state index contributed by atoms with van der Waals surface area (Å²) in [6.07, 6.45) is 2.95. The van der Waals surface area contributed by atoms with Crippen molar-refractivity contribution in [2.75, 3.05) is 6.61 Å². The van der Waals surface area contributed by atoms with Gasteiger partial charge in [0.15, 0.2) is 5.82 Å². The monoisotopic (exact) mass is 370 g/mol. The molecule has 0 saturated carbocycles. The number of nitrogens with zero attached hydrogens (tertiary/aromatic N) is 2. The van der Waals surface area contributed by atoms with Gasteiger partial charge < -0.3 is 4.74 Å². The highest BCUT2D eigenvalue weighted by Gasteiger charge is 2.22. The maximum Gasteiger partial charge on any atom is 0.269 e. The Hall–Kier alpha value is -2.60. The second-order valence-electron chi connectivity index (χ2n) is 6.57. The van der Waals surface area contributed by atoms with Crippen molar-refractivity contribution in [2.45, 2.75) is 25.7 Å². The van der Waals surface area contributed by atoms with E-state index < -0.39 is 10.0 Å². The zero-order valence-electron chi connectivity index (χ0n) is 15.1. The zero-order chi connectivity index (χ0) is 18.7. The molecule has 0 aliphatic rings. The highest BCUT2D eigenvalue weighted by Crippen LogP contribution is 2.31. The summed E-state index contributed by atoms with van der Waals surface area (Å²) in [5.74, 6) is 1.32. The largest absolute Gasteiger partial charge is 0.493 e. The second-order valence-corrected chi connectivity index (χ2v) is 8.38. The summed E-state index contributed by atoms with van der Waals surface area (Å²) in [4.78, 5) is 4.51. The van der Waals surface area contributed by atoms with E-state index in [1.54, 1.807) is 24.3 Å². The molecule has 26 heavy (non-hydrogen) atoms. The summed E-state index contributed by atoms with van der Waals surface area (Å²) in [7, 11) is -3.74. The molecule has 1 heterocycles. The van der Waals surface area contributed by atoms with Crippen LogP contribution < -0.4 is 4.74 Å². The molecule has 0 unspecified atom stereocenters. The Morgan fingerprint density at radius 1 is 1.08 bits per heavy atom. The van der Waals surface area contributed by atoms with E-state index in [0.717, 1.165) is 5.56 Å². The van der Waals surface area contributed by atoms with Crippen LogP contribution in [0.15, 0.2) is 65.8 Å². The minimum atomic E-state index is -3.74. The lowest BCUT2D eigenvalue weighted by atomic mass is 10.2. The molecule has 6 heteroatoms. The van der Waals surface area contributed by atoms with Crippen LogP contribution in [0, 0.1) is 12.8 Å². The van der Waals surface area contributed by atoms with E-state index >= 15 is 0 Å². The average molecular weight is 370 g/mol. The number of hydrogen-bond donors (Lipinski definition) is 0. The summed E-state index contributed by atoms with van der Waals surface area (Å²) >= 11 is 0. The number of imidazole rings is 1. The second kappa shape index (κ2) is 7.33. The van der Waals surface area contributed by atoms with Crippen molar-refractivity contribution in [3.63, 3.8) is 0 Å². The van der Waals surface area contributed by atoms with Crippen LogP contribution >= 0.6 is 0 Å². The molecule has 0 fully saturated rings. The summed E-state index contributed by atoms with van der Waals surface area (Å²) in [5.41, 5.74) is 1.65. The molecule has 0 radical (unpaired) electrons. The molecule has 0 aliphatic carbocycles. The number of hydrogen-bond acceptors (Lipinski definition) is 4. The molecule has 0 bridgehead atoms. The van der Waals surface area contributed by atoms with E-state index in [9.17, 15) is 8.42 Å². The molecule has 0 N–H and O–H groups in total. The average Bonchev–Trinajstić information content (AvgIpc) is 3.11. The Labute approximate surface area is 154 Å². The maximum atomic E-state index is 13.1. The van der Waals surface area contributed by atoms with E-state index in [4.69, 9.17) is 4.74 Å². The van der Waals surface area contributed by atoms with Crippen LogP contribution in [0.4, 0.5) is 0 Å². The van der Waals surface area contributed by atoms with Crippen LogP contribution in [-0.4, -0.2) is 24.0 Å². The van der Waals surface area contributed by atoms with Gasteiger partial charge in [-0.15, -0.1) is 0 Å². The Kier molecular flexibility index (Phi) is 5.13. The van der Waals surface area contributed by atoms with Gasteiger partial charge in [0.25, 0.3) is 10.0 Å². The molecule has 1 aromatic heterocycles. The number of ether oxygens (including phenoxy) is 1. The fourth-order valence-electron chi connectivity index (χ4n) is 2.53. The van der Waals surface area contributed by atoms with Crippen molar-refractivity contribution in [2.24, 2.45) is 5.92 Å². The predicted molar refractivity (Wildman–Crippen MR) is 102 cm³/mol. The third-order valence-corrected chi connectivity index (χ3v) is 5.57. The lowest BCUT2D eigenvalue weighted by Crippen LogP contribution is -2.14. The molecule has 0 atom stereocenters. The van der Waals surface area contributed by atoms with Gasteiger partial charge in [-0.05, 0) is 37.1 Å². The lowest BCUT2D eigenvalue weighted by molar-refractivity contribution is 0.272. The quantitative estimate of drug-likeness (QED) is 0.654. The van der Waals surface area contributed by atoms with Gasteiger partial charge in [0, 0.05) is 12.4 Å². The topological polar surface area (TPSA) is 61.2 Å². The number of aromatic nitrogens is 2. The van der Waals surface area contributed by atoms with Gasteiger partial charge in [0.1, 0.15) is 5.75 Å². The third-order valence-electron chi connectivity index (χ3n) is 3.89. The smallest absolute Gasteiger partial charge is 0.269 e. The van der Waals surface area contributed by atoms with Crippen molar-refractivity contribution < 1.29 is 13.2 Å². The molecule has 0 amide bonds. The maximum absolute atomic E-state index is 13.1. The summed E-state index contributed by atoms with van der Waals surface area (Å²) in [6.45, 7) is 6.58. The number of rotatable bonds is 6. The number of aryl methyl sites for hydroxylation is 1. The van der Waals surface area contributed by atoms with Gasteiger partial charge in [-0.1, -0.05) is 43.7 Å². The van der Waals surface area contributed by atoms with Crippen molar-refractivity contribution in [1.82, 2.24) is 8.96 Å². The molecule has 0 spiro atoms. The fourth-order valence-corrected chi connectivity index (χ4v) is 3.83. The van der Waals surface area contributed by atoms with Crippen LogP contribution in [-0.2, 0) is 10.0 Å². The first-order valence-electron chi connectivity index (χ1n) is 8.47. The molecule has 0 aliphatic heterocycles. The van der Waals surface area contributed by atoms with Crippen LogP contribution in [0.25, 0.3) is 11.4 Å². The van der Waals surface area contributed by atoms with Crippen LogP contribution in [0.2, 0.25) is 0 Å². The van der Waals surface area contributed by atoms with E-state index in [-0.39, 0.29) is 4.90 Å². The van der Waals surface area contributed by atoms with Crippen molar-refractivity contribution in [3.8, 4) is 17.1 Å². The Morgan fingerprint density at radius 2 is 1.77 bits per heavy atom. The van der Waals surface area contributed by atoms with E-state index in [1.165, 1.54) is 16.4 Å². The SMILES string of the molecule is Cc1ccc(S(=O)(=O)n2ccnc2-c2ccccc2OCC(C)C)cc1. The van der Waals surface area contributed by atoms with E-state index in [2.05, 4.69) is 18.8 Å². The molecule has 3 aromatic rings. The summed E-state index contributed by atoms with van der Waals surface area (Å²) < 4.78 is 33.2. The molecule has 5 nitrogen and oxygen atoms in total. The van der Waals surface area contributed by atoms with Crippen molar-refractivity contribution >= 4 is 10.0 Å². The Balaban J connectivity index is 2.06. The molecular weight excluding hydrogens is 348 g/mol. The first-order valence-corrected chi connectivity index (χ1v) is 9.91. The van der Waals surface area contributed by atoms with Gasteiger partial charge in [0.2, 0.25) is 0 Å². The first-order chi connectivity index (χ1) is 12.4. The van der Waals surface area contributed by atoms with Gasteiger partial charge in [-0.25, -0.2) is 17.4 Å². The molecule has 136 valence electrons. The van der Waals surface area contributed by atoms with E-state index in [0.29, 0.717) is 29.7 Å². The predicted octanol–water partition coefficient (Wildman–Crippen LogP) is 4.13. The van der Waals surface area contributed by atoms with Gasteiger partial charge in [0.05, 0.1) is 17.1 Å². The number of para-hydroxylation sites is 1. The van der Waals surface area contributed by atoms with Gasteiger partial charge in [-0.2, -0.15) is 0 Å². The third kappa shape index (κ3) is 3.65. The lowest BCUT2D eigenvalue weighted by Gasteiger charge is -2.14. The molecule has 3 rings (SSSR count). The molecule has 2 aromatic carbocycles. The van der Waals surface area contributed by atoms with Crippen molar-refractivity contribution in [1.29, 1.82) is 0 Å². The first kappa shape index (κ1) is 18.2. The minimum Gasteiger partial charge on any atom is -0.493 e. The zero-order valence-corrected chi connectivity index (χ0v) is 15.9. The normalized spacial score (nSPS) is 11.7. The van der Waals surface area contributed by atoms with Crippen molar-refractivity contribution in [3.05, 3.63) is 66.5 Å². The molecule has 0 saturated heterocycles. The van der Waals surface area contributed by atoms with Crippen LogP contribution in [0.1, 0.15) is 19.4 Å². The Morgan fingerprint density at radius 3 is 2.46 bits per heavy atom. The summed E-state index contributed by atoms with van der Waals surface area (Å²) in [5, 5.41) is 0. The highest BCUT2D eigenvalue weighted by molar-refractivity contribution is 7.90.